The van der Waals surface area contributed by atoms with Gasteiger partial charge < -0.3 is 10.1 Å². The zero-order valence-corrected chi connectivity index (χ0v) is 13.7. The number of hydrogen-bond acceptors (Lipinski definition) is 4. The molecule has 0 aromatic heterocycles. The van der Waals surface area contributed by atoms with Gasteiger partial charge in [-0.3, -0.25) is 0 Å². The molecule has 1 fully saturated rings. The number of sulfonamides is 1. The first-order chi connectivity index (χ1) is 9.93. The molecule has 2 atom stereocenters. The van der Waals surface area contributed by atoms with E-state index in [0.717, 1.165) is 18.7 Å². The number of morpholine rings is 1. The summed E-state index contributed by atoms with van der Waals surface area (Å²) in [7, 11) is -3.44. The van der Waals surface area contributed by atoms with Crippen LogP contribution in [0.15, 0.2) is 29.2 Å². The molecule has 1 aromatic carbocycles. The predicted molar refractivity (Wildman–Crippen MR) is 84.0 cm³/mol. The summed E-state index contributed by atoms with van der Waals surface area (Å²) >= 11 is 0. The Morgan fingerprint density at radius 1 is 1.19 bits per heavy atom. The van der Waals surface area contributed by atoms with E-state index in [1.165, 1.54) is 4.31 Å². The molecule has 0 radical (unpaired) electrons. The van der Waals surface area contributed by atoms with Gasteiger partial charge in [0.05, 0.1) is 17.1 Å². The number of nitrogens with one attached hydrogen (secondary N) is 1. The molecule has 118 valence electrons. The van der Waals surface area contributed by atoms with Crippen molar-refractivity contribution in [3.8, 4) is 0 Å². The fourth-order valence-corrected chi connectivity index (χ4v) is 4.08. The van der Waals surface area contributed by atoms with Crippen LogP contribution in [0, 0.1) is 0 Å². The van der Waals surface area contributed by atoms with Crippen molar-refractivity contribution >= 4 is 15.7 Å². The SMILES string of the molecule is CCCNc1ccc(S(=O)(=O)N2CC(C)OC(C)C2)cc1. The highest BCUT2D eigenvalue weighted by Crippen LogP contribution is 2.22. The van der Waals surface area contributed by atoms with Crippen LogP contribution in [0.3, 0.4) is 0 Å². The Labute approximate surface area is 127 Å². The van der Waals surface area contributed by atoms with Gasteiger partial charge in [-0.15, -0.1) is 0 Å². The number of rotatable bonds is 5. The Morgan fingerprint density at radius 2 is 1.76 bits per heavy atom. The summed E-state index contributed by atoms with van der Waals surface area (Å²) in [4.78, 5) is 0.339. The van der Waals surface area contributed by atoms with E-state index >= 15 is 0 Å². The van der Waals surface area contributed by atoms with E-state index in [1.807, 2.05) is 26.0 Å². The summed E-state index contributed by atoms with van der Waals surface area (Å²) < 4.78 is 32.4. The van der Waals surface area contributed by atoms with E-state index in [1.54, 1.807) is 12.1 Å². The Balaban J connectivity index is 2.15. The standard InChI is InChI=1S/C15H24N2O3S/c1-4-9-16-14-5-7-15(8-6-14)21(18,19)17-10-12(2)20-13(3)11-17/h5-8,12-13,16H,4,9-11H2,1-3H3. The predicted octanol–water partition coefficient (Wildman–Crippen LogP) is 2.31. The molecule has 1 aliphatic heterocycles. The summed E-state index contributed by atoms with van der Waals surface area (Å²) in [6.45, 7) is 7.58. The number of ether oxygens (including phenoxy) is 1. The molecule has 1 N–H and O–H groups in total. The van der Waals surface area contributed by atoms with Gasteiger partial charge in [-0.05, 0) is 44.5 Å². The third-order valence-corrected chi connectivity index (χ3v) is 5.30. The summed E-state index contributed by atoms with van der Waals surface area (Å²) in [6, 6.07) is 6.96. The van der Waals surface area contributed by atoms with E-state index < -0.39 is 10.0 Å². The molecule has 6 heteroatoms. The van der Waals surface area contributed by atoms with Crippen molar-refractivity contribution in [3.05, 3.63) is 24.3 Å². The first-order valence-electron chi connectivity index (χ1n) is 7.43. The molecular weight excluding hydrogens is 288 g/mol. The van der Waals surface area contributed by atoms with Gasteiger partial charge in [0.15, 0.2) is 0 Å². The van der Waals surface area contributed by atoms with Crippen molar-refractivity contribution in [2.24, 2.45) is 0 Å². The smallest absolute Gasteiger partial charge is 0.243 e. The van der Waals surface area contributed by atoms with Crippen molar-refractivity contribution < 1.29 is 13.2 Å². The van der Waals surface area contributed by atoms with Crippen LogP contribution in [0.25, 0.3) is 0 Å². The minimum Gasteiger partial charge on any atom is -0.385 e. The molecule has 5 nitrogen and oxygen atoms in total. The zero-order valence-electron chi connectivity index (χ0n) is 12.9. The molecule has 2 unspecified atom stereocenters. The highest BCUT2D eigenvalue weighted by molar-refractivity contribution is 7.89. The van der Waals surface area contributed by atoms with Gasteiger partial charge in [0, 0.05) is 25.3 Å². The topological polar surface area (TPSA) is 58.6 Å². The molecule has 1 aliphatic rings. The van der Waals surface area contributed by atoms with Crippen molar-refractivity contribution in [2.45, 2.75) is 44.3 Å². The maximum absolute atomic E-state index is 12.7. The highest BCUT2D eigenvalue weighted by atomic mass is 32.2. The number of nitrogens with zero attached hydrogens (tertiary/aromatic N) is 1. The van der Waals surface area contributed by atoms with Crippen LogP contribution in [-0.2, 0) is 14.8 Å². The first-order valence-corrected chi connectivity index (χ1v) is 8.87. The highest BCUT2D eigenvalue weighted by Gasteiger charge is 2.32. The van der Waals surface area contributed by atoms with E-state index in [2.05, 4.69) is 12.2 Å². The second kappa shape index (κ2) is 6.77. The van der Waals surface area contributed by atoms with Crippen LogP contribution in [-0.4, -0.2) is 44.6 Å². The van der Waals surface area contributed by atoms with Crippen LogP contribution in [0.2, 0.25) is 0 Å². The van der Waals surface area contributed by atoms with Gasteiger partial charge in [0.2, 0.25) is 10.0 Å². The van der Waals surface area contributed by atoms with Crippen molar-refractivity contribution in [2.75, 3.05) is 25.0 Å². The molecule has 0 aliphatic carbocycles. The normalized spacial score (nSPS) is 24.0. The molecule has 0 spiro atoms. The second-order valence-electron chi connectivity index (χ2n) is 5.53. The lowest BCUT2D eigenvalue weighted by Crippen LogP contribution is -2.48. The van der Waals surface area contributed by atoms with Gasteiger partial charge in [0.1, 0.15) is 0 Å². The summed E-state index contributed by atoms with van der Waals surface area (Å²) in [5, 5.41) is 3.24. The average molecular weight is 312 g/mol. The van der Waals surface area contributed by atoms with Crippen molar-refractivity contribution in [1.29, 1.82) is 0 Å². The summed E-state index contributed by atoms with van der Waals surface area (Å²) in [6.07, 6.45) is 0.881. The Kier molecular flexibility index (Phi) is 5.24. The lowest BCUT2D eigenvalue weighted by molar-refractivity contribution is -0.0440. The first kappa shape index (κ1) is 16.3. The van der Waals surface area contributed by atoms with Gasteiger partial charge in [0.25, 0.3) is 0 Å². The Bertz CT molecular complexity index is 547. The maximum Gasteiger partial charge on any atom is 0.243 e. The van der Waals surface area contributed by atoms with Gasteiger partial charge in [-0.2, -0.15) is 4.31 Å². The Morgan fingerprint density at radius 3 is 2.29 bits per heavy atom. The molecule has 0 saturated carbocycles. The molecular formula is C15H24N2O3S. The van der Waals surface area contributed by atoms with Gasteiger partial charge in [-0.1, -0.05) is 6.92 Å². The van der Waals surface area contributed by atoms with E-state index in [4.69, 9.17) is 4.74 Å². The molecule has 1 aromatic rings. The third kappa shape index (κ3) is 3.96. The largest absolute Gasteiger partial charge is 0.385 e. The molecule has 2 rings (SSSR count). The number of hydrogen-bond donors (Lipinski definition) is 1. The van der Waals surface area contributed by atoms with E-state index in [9.17, 15) is 8.42 Å². The van der Waals surface area contributed by atoms with Crippen LogP contribution >= 0.6 is 0 Å². The minimum atomic E-state index is -3.44. The minimum absolute atomic E-state index is 0.0750. The average Bonchev–Trinajstić information content (AvgIpc) is 2.44. The lowest BCUT2D eigenvalue weighted by Gasteiger charge is -2.34. The fourth-order valence-electron chi connectivity index (χ4n) is 2.49. The van der Waals surface area contributed by atoms with Gasteiger partial charge in [-0.25, -0.2) is 8.42 Å². The van der Waals surface area contributed by atoms with Crippen LogP contribution in [0.4, 0.5) is 5.69 Å². The number of benzene rings is 1. The second-order valence-corrected chi connectivity index (χ2v) is 7.47. The molecule has 1 saturated heterocycles. The van der Waals surface area contributed by atoms with E-state index in [-0.39, 0.29) is 12.2 Å². The third-order valence-electron chi connectivity index (χ3n) is 3.46. The summed E-state index contributed by atoms with van der Waals surface area (Å²) in [5.41, 5.74) is 0.944. The molecule has 0 bridgehead atoms. The zero-order chi connectivity index (χ0) is 15.5. The van der Waals surface area contributed by atoms with Gasteiger partial charge >= 0.3 is 0 Å². The fraction of sp³-hybridized carbons (Fsp3) is 0.600. The van der Waals surface area contributed by atoms with Crippen LogP contribution in [0.5, 0.6) is 0 Å². The lowest BCUT2D eigenvalue weighted by atomic mass is 10.3. The summed E-state index contributed by atoms with van der Waals surface area (Å²) in [5.74, 6) is 0. The van der Waals surface area contributed by atoms with Crippen LogP contribution < -0.4 is 5.32 Å². The molecule has 1 heterocycles. The molecule has 21 heavy (non-hydrogen) atoms. The van der Waals surface area contributed by atoms with E-state index in [0.29, 0.717) is 18.0 Å². The molecule has 0 amide bonds. The quantitative estimate of drug-likeness (QED) is 0.906. The maximum atomic E-state index is 12.7. The van der Waals surface area contributed by atoms with Crippen molar-refractivity contribution in [1.82, 2.24) is 4.31 Å². The monoisotopic (exact) mass is 312 g/mol. The Hall–Kier alpha value is -1.11. The van der Waals surface area contributed by atoms with Crippen LogP contribution in [0.1, 0.15) is 27.2 Å². The number of anilines is 1. The van der Waals surface area contributed by atoms with Crippen molar-refractivity contribution in [3.63, 3.8) is 0 Å².